The van der Waals surface area contributed by atoms with E-state index in [-0.39, 0.29) is 41.5 Å². The van der Waals surface area contributed by atoms with E-state index in [1.54, 1.807) is 0 Å². The topological polar surface area (TPSA) is 118 Å². The first-order chi connectivity index (χ1) is 19.2. The van der Waals surface area contributed by atoms with Crippen molar-refractivity contribution >= 4 is 51.9 Å². The number of carbonyl (C=O) groups is 2. The number of carbonyl (C=O) groups excluding carboxylic acids is 2. The van der Waals surface area contributed by atoms with Gasteiger partial charge in [-0.2, -0.15) is 8.42 Å². The predicted octanol–water partition coefficient (Wildman–Crippen LogP) is 9.72. The second-order valence-corrected chi connectivity index (χ2v) is 12.2. The Labute approximate surface area is 276 Å². The molecule has 0 radical (unpaired) electrons. The molecule has 0 aliphatic heterocycles. The van der Waals surface area contributed by atoms with Gasteiger partial charge in [-0.3, -0.25) is 18.7 Å². The van der Waals surface area contributed by atoms with E-state index in [0.29, 0.717) is 12.8 Å². The van der Waals surface area contributed by atoms with Crippen LogP contribution in [0.25, 0.3) is 0 Å². The molecular weight excluding hydrogens is 551 g/mol. The average Bonchev–Trinajstić information content (AvgIpc) is 2.88. The number of unbranched alkanes of at least 4 members (excludes halogenated alkanes) is 24. The Bertz CT molecular complexity index is 608. The molecule has 9 heteroatoms. The summed E-state index contributed by atoms with van der Waals surface area (Å²) in [4.78, 5) is 23.7. The summed E-state index contributed by atoms with van der Waals surface area (Å²) in [6.07, 6.45) is 34.3. The summed E-state index contributed by atoms with van der Waals surface area (Å²) in [7, 11) is -4.67. The minimum atomic E-state index is -4.67. The Balaban J connectivity index is -0.00000220. The first kappa shape index (κ1) is 45.4. The number of hydrogen-bond acceptors (Lipinski definition) is 5. The average molecular weight is 617 g/mol. The van der Waals surface area contributed by atoms with Crippen molar-refractivity contribution in [1.29, 1.82) is 0 Å². The zero-order chi connectivity index (χ0) is 30.2. The van der Waals surface area contributed by atoms with Gasteiger partial charge in [-0.05, 0) is 12.8 Å². The van der Waals surface area contributed by atoms with Crippen LogP contribution in [0.5, 0.6) is 0 Å². The summed E-state index contributed by atoms with van der Waals surface area (Å²) >= 11 is 0. The second kappa shape index (κ2) is 36.2. The SMILES string of the molecule is CCCCCCCCCCCCCCCC(=O)OC(=O)CCCCCCCCCCCCCCC.O=S(=O)(O)O.[NaH]. The van der Waals surface area contributed by atoms with E-state index in [1.807, 2.05) is 0 Å². The first-order valence-electron chi connectivity index (χ1n) is 16.6. The van der Waals surface area contributed by atoms with Crippen LogP contribution < -0.4 is 0 Å². The molecule has 242 valence electrons. The van der Waals surface area contributed by atoms with Crippen LogP contribution in [0.15, 0.2) is 0 Å². The van der Waals surface area contributed by atoms with Crippen molar-refractivity contribution in [2.45, 2.75) is 194 Å². The number of hydrogen-bond donors (Lipinski definition) is 2. The van der Waals surface area contributed by atoms with E-state index >= 15 is 0 Å². The van der Waals surface area contributed by atoms with Gasteiger partial charge in [0.05, 0.1) is 0 Å². The zero-order valence-electron chi connectivity index (χ0n) is 26.1. The van der Waals surface area contributed by atoms with Gasteiger partial charge < -0.3 is 4.74 Å². The van der Waals surface area contributed by atoms with E-state index in [0.717, 1.165) is 25.7 Å². The van der Waals surface area contributed by atoms with Gasteiger partial charge in [0.15, 0.2) is 0 Å². The van der Waals surface area contributed by atoms with Gasteiger partial charge in [-0.1, -0.05) is 168 Å². The summed E-state index contributed by atoms with van der Waals surface area (Å²) in [5, 5.41) is 0. The fourth-order valence-corrected chi connectivity index (χ4v) is 4.80. The Morgan fingerprint density at radius 3 is 0.805 bits per heavy atom. The molecule has 0 spiro atoms. The van der Waals surface area contributed by atoms with E-state index < -0.39 is 10.4 Å². The third-order valence-electron chi connectivity index (χ3n) is 7.20. The number of ether oxygens (including phenoxy) is 1. The molecule has 41 heavy (non-hydrogen) atoms. The molecule has 0 fully saturated rings. The molecule has 0 heterocycles. The summed E-state index contributed by atoms with van der Waals surface area (Å²) < 4.78 is 36.6. The van der Waals surface area contributed by atoms with Crippen molar-refractivity contribution in [2.75, 3.05) is 0 Å². The zero-order valence-corrected chi connectivity index (χ0v) is 27.0. The molecule has 2 N–H and O–H groups in total. The van der Waals surface area contributed by atoms with Crippen LogP contribution in [0.4, 0.5) is 0 Å². The van der Waals surface area contributed by atoms with Crippen molar-refractivity contribution in [1.82, 2.24) is 0 Å². The molecule has 0 aliphatic carbocycles. The summed E-state index contributed by atoms with van der Waals surface area (Å²) in [6.45, 7) is 4.54. The van der Waals surface area contributed by atoms with Gasteiger partial charge in [0.1, 0.15) is 0 Å². The number of esters is 2. The second-order valence-electron chi connectivity index (χ2n) is 11.3. The summed E-state index contributed by atoms with van der Waals surface area (Å²) in [5.74, 6) is -0.652. The Hall–Kier alpha value is 0.01000. The van der Waals surface area contributed by atoms with Gasteiger partial charge in [0.25, 0.3) is 0 Å². The van der Waals surface area contributed by atoms with Crippen molar-refractivity contribution in [2.24, 2.45) is 0 Å². The van der Waals surface area contributed by atoms with Crippen molar-refractivity contribution in [3.05, 3.63) is 0 Å². The Morgan fingerprint density at radius 1 is 0.439 bits per heavy atom. The van der Waals surface area contributed by atoms with Crippen LogP contribution in [0, 0.1) is 0 Å². The van der Waals surface area contributed by atoms with E-state index in [4.69, 9.17) is 22.3 Å². The fourth-order valence-electron chi connectivity index (χ4n) is 4.80. The van der Waals surface area contributed by atoms with Crippen LogP contribution in [0.3, 0.4) is 0 Å². The monoisotopic (exact) mass is 616 g/mol. The molecule has 0 saturated heterocycles. The molecule has 0 saturated carbocycles. The maximum atomic E-state index is 11.8. The molecule has 0 aliphatic rings. The molecule has 0 unspecified atom stereocenters. The van der Waals surface area contributed by atoms with Gasteiger partial charge >= 0.3 is 51.9 Å². The molecule has 0 atom stereocenters. The van der Waals surface area contributed by atoms with Crippen molar-refractivity contribution in [3.8, 4) is 0 Å². The molecule has 0 rings (SSSR count). The number of rotatable bonds is 28. The van der Waals surface area contributed by atoms with Gasteiger partial charge in [-0.15, -0.1) is 0 Å². The molecule has 7 nitrogen and oxygen atoms in total. The quantitative estimate of drug-likeness (QED) is 0.0295. The molecule has 0 amide bonds. The van der Waals surface area contributed by atoms with Crippen LogP contribution in [-0.4, -0.2) is 59.0 Å². The Kier molecular flexibility index (Phi) is 40.1. The van der Waals surface area contributed by atoms with Gasteiger partial charge in [0.2, 0.25) is 0 Å². The standard InChI is InChI=1S/C32H62O3.Na.H2O4S.H/c1-3-5-7-9-11-13-15-17-19-21-23-25-27-29-31(33)35-32(34)30-28-26-24-22-20-18-16-14-12-10-8-6-4-2;;1-5(2,3)4;/h3-30H2,1-2H3;;(H2,1,2,3,4);. The fraction of sp³-hybridized carbons (Fsp3) is 0.938. The molecule has 0 aromatic heterocycles. The van der Waals surface area contributed by atoms with Gasteiger partial charge in [0, 0.05) is 12.8 Å². The summed E-state index contributed by atoms with van der Waals surface area (Å²) in [6, 6.07) is 0. The maximum absolute atomic E-state index is 11.8. The molecule has 0 aromatic rings. The normalized spacial score (nSPS) is 10.9. The van der Waals surface area contributed by atoms with Crippen LogP contribution in [0.1, 0.15) is 194 Å². The van der Waals surface area contributed by atoms with Crippen molar-refractivity contribution in [3.63, 3.8) is 0 Å². The first-order valence-corrected chi connectivity index (χ1v) is 18.0. The molecule has 0 bridgehead atoms. The van der Waals surface area contributed by atoms with Crippen LogP contribution in [0.2, 0.25) is 0 Å². The molecular formula is C32H65NaO7S. The third kappa shape index (κ3) is 50.0. The van der Waals surface area contributed by atoms with E-state index in [2.05, 4.69) is 13.8 Å². The van der Waals surface area contributed by atoms with E-state index in [1.165, 1.54) is 141 Å². The van der Waals surface area contributed by atoms with E-state index in [9.17, 15) is 9.59 Å². The van der Waals surface area contributed by atoms with Gasteiger partial charge in [-0.25, -0.2) is 0 Å². The third-order valence-corrected chi connectivity index (χ3v) is 7.20. The predicted molar refractivity (Wildman–Crippen MR) is 173 cm³/mol. The van der Waals surface area contributed by atoms with Crippen LogP contribution in [-0.2, 0) is 24.7 Å². The molecule has 0 aromatic carbocycles. The minimum absolute atomic E-state index is 0. The van der Waals surface area contributed by atoms with Crippen LogP contribution >= 0.6 is 0 Å². The van der Waals surface area contributed by atoms with Crippen molar-refractivity contribution < 1.29 is 31.8 Å². The summed E-state index contributed by atoms with van der Waals surface area (Å²) in [5.41, 5.74) is 0. The Morgan fingerprint density at radius 2 is 0.610 bits per heavy atom.